The van der Waals surface area contributed by atoms with Crippen LogP contribution in [0.1, 0.15) is 11.1 Å². The minimum Gasteiger partial charge on any atom is -0.325 e. The molecular weight excluding hydrogens is 403 g/mol. The smallest absolute Gasteiger partial charge is 0.234 e. The normalized spacial score (nSPS) is 10.9. The van der Waals surface area contributed by atoms with E-state index in [0.717, 1.165) is 16.8 Å². The molecule has 1 aromatic heterocycles. The molecule has 0 bridgehead atoms. The maximum atomic E-state index is 12.2. The van der Waals surface area contributed by atoms with Crippen LogP contribution in [0.2, 0.25) is 10.0 Å². The first-order valence-electron chi connectivity index (χ1n) is 8.20. The lowest BCUT2D eigenvalue weighted by Gasteiger charge is -2.08. The van der Waals surface area contributed by atoms with Gasteiger partial charge in [-0.15, -0.1) is 10.2 Å². The van der Waals surface area contributed by atoms with E-state index in [1.165, 1.54) is 17.3 Å². The fourth-order valence-corrected chi connectivity index (χ4v) is 3.70. The van der Waals surface area contributed by atoms with Crippen LogP contribution in [-0.4, -0.2) is 26.4 Å². The van der Waals surface area contributed by atoms with Crippen molar-refractivity contribution in [2.75, 3.05) is 11.1 Å². The van der Waals surface area contributed by atoms with Crippen LogP contribution >= 0.6 is 35.0 Å². The minimum atomic E-state index is -0.0997. The molecule has 0 radical (unpaired) electrons. The number of halogens is 2. The van der Waals surface area contributed by atoms with Gasteiger partial charge in [0.25, 0.3) is 0 Å². The highest BCUT2D eigenvalue weighted by Crippen LogP contribution is 2.30. The van der Waals surface area contributed by atoms with Gasteiger partial charge in [-0.2, -0.15) is 0 Å². The van der Waals surface area contributed by atoms with Crippen LogP contribution < -0.4 is 5.32 Å². The molecule has 0 aliphatic rings. The molecule has 3 aromatic rings. The highest BCUT2D eigenvalue weighted by molar-refractivity contribution is 7.99. The molecule has 0 saturated carbocycles. The van der Waals surface area contributed by atoms with Crippen molar-refractivity contribution in [1.29, 1.82) is 0 Å². The zero-order chi connectivity index (χ0) is 19.6. The summed E-state index contributed by atoms with van der Waals surface area (Å²) in [6.45, 7) is 4.05. The molecule has 27 heavy (non-hydrogen) atoms. The number of carbonyl (C=O) groups excluding carboxylic acids is 1. The number of aromatic nitrogens is 3. The van der Waals surface area contributed by atoms with Crippen LogP contribution in [0.3, 0.4) is 0 Å². The number of anilines is 1. The van der Waals surface area contributed by atoms with Crippen LogP contribution in [0, 0.1) is 13.8 Å². The summed E-state index contributed by atoms with van der Waals surface area (Å²) in [4.78, 5) is 12.2. The Hall–Kier alpha value is -2.02. The summed E-state index contributed by atoms with van der Waals surface area (Å²) in [6.07, 6.45) is 0. The van der Waals surface area contributed by atoms with Crippen molar-refractivity contribution in [3.05, 3.63) is 57.6 Å². The molecule has 140 valence electrons. The van der Waals surface area contributed by atoms with E-state index in [1.807, 2.05) is 43.7 Å². The molecule has 8 heteroatoms. The van der Waals surface area contributed by atoms with Crippen molar-refractivity contribution < 1.29 is 4.79 Å². The largest absolute Gasteiger partial charge is 0.325 e. The fraction of sp³-hybridized carbons (Fsp3) is 0.211. The summed E-state index contributed by atoms with van der Waals surface area (Å²) >= 11 is 13.5. The van der Waals surface area contributed by atoms with Crippen molar-refractivity contribution in [3.8, 4) is 11.4 Å². The van der Waals surface area contributed by atoms with Gasteiger partial charge in [0.15, 0.2) is 11.0 Å². The van der Waals surface area contributed by atoms with Crippen LogP contribution in [0.15, 0.2) is 41.6 Å². The highest BCUT2D eigenvalue weighted by Gasteiger charge is 2.15. The summed E-state index contributed by atoms with van der Waals surface area (Å²) < 4.78 is 1.81. The lowest BCUT2D eigenvalue weighted by atomic mass is 10.1. The zero-order valence-corrected chi connectivity index (χ0v) is 17.4. The van der Waals surface area contributed by atoms with E-state index in [2.05, 4.69) is 15.5 Å². The number of nitrogens with zero attached hydrogens (tertiary/aromatic N) is 3. The third-order valence-corrected chi connectivity index (χ3v) is 5.70. The van der Waals surface area contributed by atoms with Gasteiger partial charge >= 0.3 is 0 Å². The fourth-order valence-electron chi connectivity index (χ4n) is 2.49. The monoisotopic (exact) mass is 420 g/mol. The van der Waals surface area contributed by atoms with E-state index in [4.69, 9.17) is 23.2 Å². The van der Waals surface area contributed by atoms with E-state index >= 15 is 0 Å². The Kier molecular flexibility index (Phi) is 6.09. The molecule has 1 N–H and O–H groups in total. The van der Waals surface area contributed by atoms with Gasteiger partial charge in [-0.05, 0) is 55.3 Å². The number of hydrogen-bond acceptors (Lipinski definition) is 4. The third kappa shape index (κ3) is 4.64. The number of aryl methyl sites for hydroxylation is 2. The summed E-state index contributed by atoms with van der Waals surface area (Å²) in [7, 11) is 1.84. The quantitative estimate of drug-likeness (QED) is 0.580. The Morgan fingerprint density at radius 1 is 1.11 bits per heavy atom. The van der Waals surface area contributed by atoms with Crippen molar-refractivity contribution in [1.82, 2.24) is 14.8 Å². The number of thioether (sulfide) groups is 1. The van der Waals surface area contributed by atoms with Crippen molar-refractivity contribution in [2.45, 2.75) is 19.0 Å². The number of hydrogen-bond donors (Lipinski definition) is 1. The third-order valence-electron chi connectivity index (χ3n) is 4.13. The molecule has 0 spiro atoms. The molecule has 0 saturated heterocycles. The van der Waals surface area contributed by atoms with Gasteiger partial charge in [-0.25, -0.2) is 0 Å². The number of rotatable bonds is 5. The molecule has 3 rings (SSSR count). The van der Waals surface area contributed by atoms with Crippen LogP contribution in [0.25, 0.3) is 11.4 Å². The average molecular weight is 421 g/mol. The van der Waals surface area contributed by atoms with Gasteiger partial charge in [0.2, 0.25) is 5.91 Å². The standard InChI is InChI=1S/C19H18Cl2N4OS/c1-11-4-6-14(8-12(11)2)22-17(26)10-27-19-24-23-18(25(19)3)15-7-5-13(20)9-16(15)21/h4-9H,10H2,1-3H3,(H,22,26). The van der Waals surface area contributed by atoms with Gasteiger partial charge in [-0.3, -0.25) is 4.79 Å². The van der Waals surface area contributed by atoms with E-state index in [1.54, 1.807) is 18.2 Å². The van der Waals surface area contributed by atoms with Gasteiger partial charge < -0.3 is 9.88 Å². The Morgan fingerprint density at radius 3 is 2.59 bits per heavy atom. The first-order valence-corrected chi connectivity index (χ1v) is 9.94. The van der Waals surface area contributed by atoms with Crippen LogP contribution in [0.5, 0.6) is 0 Å². The molecule has 1 heterocycles. The number of carbonyl (C=O) groups is 1. The maximum absolute atomic E-state index is 12.2. The molecule has 0 atom stereocenters. The molecule has 2 aromatic carbocycles. The van der Waals surface area contributed by atoms with E-state index < -0.39 is 0 Å². The summed E-state index contributed by atoms with van der Waals surface area (Å²) in [6, 6.07) is 11.1. The SMILES string of the molecule is Cc1ccc(NC(=O)CSc2nnc(-c3ccc(Cl)cc3Cl)n2C)cc1C. The second kappa shape index (κ2) is 8.33. The Labute approximate surface area is 172 Å². The van der Waals surface area contributed by atoms with Crippen molar-refractivity contribution in [2.24, 2.45) is 7.05 Å². The number of benzene rings is 2. The number of amides is 1. The summed E-state index contributed by atoms with van der Waals surface area (Å²) in [5.74, 6) is 0.749. The topological polar surface area (TPSA) is 59.8 Å². The second-order valence-electron chi connectivity index (χ2n) is 6.13. The second-order valence-corrected chi connectivity index (χ2v) is 7.91. The highest BCUT2D eigenvalue weighted by atomic mass is 35.5. The summed E-state index contributed by atoms with van der Waals surface area (Å²) in [5, 5.41) is 12.9. The first kappa shape index (κ1) is 19.7. The van der Waals surface area contributed by atoms with E-state index in [0.29, 0.717) is 21.0 Å². The predicted molar refractivity (Wildman–Crippen MR) is 112 cm³/mol. The molecule has 1 amide bonds. The molecule has 0 unspecified atom stereocenters. The van der Waals surface area contributed by atoms with Gasteiger partial charge in [0, 0.05) is 23.3 Å². The van der Waals surface area contributed by atoms with E-state index in [9.17, 15) is 4.79 Å². The Bertz CT molecular complexity index is 1000. The van der Waals surface area contributed by atoms with Gasteiger partial charge in [0.1, 0.15) is 0 Å². The van der Waals surface area contributed by atoms with Crippen molar-refractivity contribution >= 4 is 46.6 Å². The van der Waals surface area contributed by atoms with E-state index in [-0.39, 0.29) is 11.7 Å². The Balaban J connectivity index is 1.67. The summed E-state index contributed by atoms with van der Waals surface area (Å²) in [5.41, 5.74) is 3.85. The van der Waals surface area contributed by atoms with Gasteiger partial charge in [-0.1, -0.05) is 41.0 Å². The molecule has 5 nitrogen and oxygen atoms in total. The van der Waals surface area contributed by atoms with Crippen molar-refractivity contribution in [3.63, 3.8) is 0 Å². The minimum absolute atomic E-state index is 0.0997. The lowest BCUT2D eigenvalue weighted by Crippen LogP contribution is -2.14. The average Bonchev–Trinajstić information content (AvgIpc) is 2.97. The van der Waals surface area contributed by atoms with Crippen LogP contribution in [0.4, 0.5) is 5.69 Å². The Morgan fingerprint density at radius 2 is 1.89 bits per heavy atom. The molecule has 0 aliphatic heterocycles. The lowest BCUT2D eigenvalue weighted by molar-refractivity contribution is -0.113. The molecule has 0 aliphatic carbocycles. The van der Waals surface area contributed by atoms with Crippen LogP contribution in [-0.2, 0) is 11.8 Å². The predicted octanol–water partition coefficient (Wildman–Crippen LogP) is 5.14. The molecular formula is C19H18Cl2N4OS. The van der Waals surface area contributed by atoms with Gasteiger partial charge in [0.05, 0.1) is 10.8 Å². The first-order chi connectivity index (χ1) is 12.8. The molecule has 0 fully saturated rings. The zero-order valence-electron chi connectivity index (χ0n) is 15.1. The maximum Gasteiger partial charge on any atom is 0.234 e. The number of nitrogens with one attached hydrogen (secondary N) is 1.